The number of aryl methyl sites for hydroxylation is 2. The Bertz CT molecular complexity index is 2880. The minimum atomic E-state index is -3.68. The first-order valence-electron chi connectivity index (χ1n) is 22.4. The molecule has 0 fully saturated rings. The van der Waals surface area contributed by atoms with E-state index in [1.54, 1.807) is 0 Å². The Labute approximate surface area is 391 Å². The van der Waals surface area contributed by atoms with Gasteiger partial charge in [0.25, 0.3) is 0 Å². The fourth-order valence-corrected chi connectivity index (χ4v) is 14.1. The summed E-state index contributed by atoms with van der Waals surface area (Å²) in [6.45, 7) is 24.1. The van der Waals surface area contributed by atoms with Crippen molar-refractivity contribution >= 4 is 43.0 Å². The monoisotopic (exact) mass is 930 g/mol. The molecule has 2 unspecified atom stereocenters. The van der Waals surface area contributed by atoms with Crippen LogP contribution >= 0.6 is 0 Å². The molecule has 0 aromatic heterocycles. The van der Waals surface area contributed by atoms with E-state index in [9.17, 15) is 26.4 Å². The number of benzene rings is 4. The molecule has 0 bridgehead atoms. The van der Waals surface area contributed by atoms with Crippen LogP contribution in [0.5, 0.6) is 0 Å². The molecule has 0 spiro atoms. The average molecular weight is 931 g/mol. The van der Waals surface area contributed by atoms with Crippen molar-refractivity contribution in [1.82, 2.24) is 10.6 Å². The molecule has 0 amide bonds. The van der Waals surface area contributed by atoms with E-state index >= 15 is 0 Å². The number of methoxy groups -OCH3 is 2. The Morgan fingerprint density at radius 1 is 0.470 bits per heavy atom. The van der Waals surface area contributed by atoms with E-state index in [1.165, 1.54) is 25.3 Å². The number of ether oxygens (including phenoxy) is 2. The smallest absolute Gasteiger partial charge is 0.336 e. The minimum Gasteiger partial charge on any atom is -0.466 e. The highest BCUT2D eigenvalue weighted by Gasteiger charge is 2.46. The van der Waals surface area contributed by atoms with Gasteiger partial charge in [0.05, 0.1) is 69.9 Å². The molecule has 0 saturated carbocycles. The largest absolute Gasteiger partial charge is 0.466 e. The van der Waals surface area contributed by atoms with E-state index in [0.717, 1.165) is 77.9 Å². The summed E-state index contributed by atoms with van der Waals surface area (Å²) in [5, 5.41) is 6.59. The summed E-state index contributed by atoms with van der Waals surface area (Å²) in [5.41, 5.74) is 19.4. The normalized spacial score (nSPS) is 19.4. The standard InChI is InChI=1S/2C27H31NO4S/c2*1-14-15(2)17(4)22(18(5)16(14)3)24-23(27(29)32-7)19(6)28-25-21-11-9-8-10-20(21)12-13-33(30,31)26(24)25/h2*8-11,24,28H,12-13H2,1-7H3. The van der Waals surface area contributed by atoms with Gasteiger partial charge in [0.1, 0.15) is 0 Å². The Hall–Kier alpha value is -5.72. The average Bonchev–Trinajstić information content (AvgIpc) is 3.48. The first-order chi connectivity index (χ1) is 31.0. The van der Waals surface area contributed by atoms with E-state index < -0.39 is 43.4 Å². The lowest BCUT2D eigenvalue weighted by Gasteiger charge is -2.34. The van der Waals surface area contributed by atoms with Crippen molar-refractivity contribution in [2.45, 2.75) is 108 Å². The molecule has 10 nitrogen and oxygen atoms in total. The van der Waals surface area contributed by atoms with E-state index in [4.69, 9.17) is 9.47 Å². The van der Waals surface area contributed by atoms with Crippen LogP contribution in [0.3, 0.4) is 0 Å². The molecule has 2 N–H and O–H groups in total. The van der Waals surface area contributed by atoms with Crippen LogP contribution in [-0.2, 0) is 51.6 Å². The van der Waals surface area contributed by atoms with Gasteiger partial charge in [-0.1, -0.05) is 48.5 Å². The first kappa shape index (κ1) is 48.2. The number of sulfone groups is 2. The molecule has 348 valence electrons. The molecular weight excluding hydrogens is 869 g/mol. The SMILES string of the molecule is COC(=O)C1=C(C)NC2=C(C1c1c(C)c(C)c(C)c(C)c1C)S(=O)(=O)CCc1ccccc12.COC(=O)C1=C(C)NC2=C(C1c1c(C)c(C)c(C)c(C)c1C)S(=O)(=O)CCc1ccccc12. The number of hydrogen-bond donors (Lipinski definition) is 2. The number of dihydropyridines is 2. The highest BCUT2D eigenvalue weighted by molar-refractivity contribution is 7.95. The number of fused-ring (bicyclic) bond motifs is 4. The van der Waals surface area contributed by atoms with Crippen molar-refractivity contribution in [1.29, 1.82) is 0 Å². The Kier molecular flexibility index (Phi) is 13.0. The summed E-state index contributed by atoms with van der Waals surface area (Å²) in [6.07, 6.45) is 0.854. The van der Waals surface area contributed by atoms with Gasteiger partial charge in [0, 0.05) is 22.5 Å². The number of nitrogens with one attached hydrogen (secondary N) is 2. The predicted octanol–water partition coefficient (Wildman–Crippen LogP) is 9.40. The zero-order valence-electron chi connectivity index (χ0n) is 40.7. The van der Waals surface area contributed by atoms with Crippen molar-refractivity contribution in [2.75, 3.05) is 25.7 Å². The van der Waals surface area contributed by atoms with E-state index in [0.29, 0.717) is 46.8 Å². The van der Waals surface area contributed by atoms with Gasteiger partial charge in [0.15, 0.2) is 19.7 Å². The number of carbonyl (C=O) groups excluding carboxylic acids is 2. The minimum absolute atomic E-state index is 0.00352. The van der Waals surface area contributed by atoms with Crippen molar-refractivity contribution in [2.24, 2.45) is 0 Å². The number of hydrogen-bond acceptors (Lipinski definition) is 10. The van der Waals surface area contributed by atoms with Gasteiger partial charge in [-0.05, 0) is 174 Å². The Morgan fingerprint density at radius 3 is 1.06 bits per heavy atom. The predicted molar refractivity (Wildman–Crippen MR) is 263 cm³/mol. The summed E-state index contributed by atoms with van der Waals surface area (Å²) >= 11 is 0. The first-order valence-corrected chi connectivity index (χ1v) is 25.7. The second-order valence-electron chi connectivity index (χ2n) is 18.2. The van der Waals surface area contributed by atoms with E-state index in [-0.39, 0.29) is 21.3 Å². The molecule has 4 heterocycles. The lowest BCUT2D eigenvalue weighted by molar-refractivity contribution is -0.137. The van der Waals surface area contributed by atoms with Gasteiger partial charge in [-0.15, -0.1) is 0 Å². The van der Waals surface area contributed by atoms with Crippen molar-refractivity contribution in [3.8, 4) is 0 Å². The second-order valence-corrected chi connectivity index (χ2v) is 22.3. The summed E-state index contributed by atoms with van der Waals surface area (Å²) in [6, 6.07) is 15.6. The van der Waals surface area contributed by atoms with Gasteiger partial charge < -0.3 is 20.1 Å². The quantitative estimate of drug-likeness (QED) is 0.190. The molecule has 12 heteroatoms. The third kappa shape index (κ3) is 7.83. The third-order valence-corrected chi connectivity index (χ3v) is 18.8. The number of carbonyl (C=O) groups is 2. The zero-order valence-corrected chi connectivity index (χ0v) is 42.3. The van der Waals surface area contributed by atoms with E-state index in [1.807, 2.05) is 90.1 Å². The van der Waals surface area contributed by atoms with Crippen LogP contribution in [0.15, 0.2) is 80.9 Å². The molecule has 0 radical (unpaired) electrons. The topological polar surface area (TPSA) is 145 Å². The number of esters is 2. The molecule has 0 saturated heterocycles. The van der Waals surface area contributed by atoms with Gasteiger partial charge in [-0.3, -0.25) is 0 Å². The van der Waals surface area contributed by atoms with Crippen molar-refractivity contribution in [3.63, 3.8) is 0 Å². The van der Waals surface area contributed by atoms with Crippen LogP contribution in [0, 0.1) is 69.2 Å². The molecule has 0 aliphatic carbocycles. The molecule has 4 aromatic rings. The van der Waals surface area contributed by atoms with Crippen LogP contribution in [0.2, 0.25) is 0 Å². The maximum atomic E-state index is 13.8. The maximum absolute atomic E-state index is 13.8. The van der Waals surface area contributed by atoms with E-state index in [2.05, 4.69) is 52.2 Å². The van der Waals surface area contributed by atoms with Crippen LogP contribution < -0.4 is 10.6 Å². The third-order valence-electron chi connectivity index (χ3n) is 15.1. The molecule has 4 aliphatic rings. The fraction of sp³-hybridized carbons (Fsp3) is 0.370. The molecule has 4 aromatic carbocycles. The molecule has 4 aliphatic heterocycles. The van der Waals surface area contributed by atoms with Crippen LogP contribution in [0.25, 0.3) is 11.4 Å². The lowest BCUT2D eigenvalue weighted by Crippen LogP contribution is -2.33. The summed E-state index contributed by atoms with van der Waals surface area (Å²) < 4.78 is 65.7. The summed E-state index contributed by atoms with van der Waals surface area (Å²) in [5.74, 6) is -2.50. The van der Waals surface area contributed by atoms with Gasteiger partial charge in [0.2, 0.25) is 0 Å². The van der Waals surface area contributed by atoms with Crippen molar-refractivity contribution in [3.05, 3.63) is 170 Å². The molecular formula is C54H62N2O8S2. The Balaban J connectivity index is 0.000000196. The van der Waals surface area contributed by atoms with Gasteiger partial charge >= 0.3 is 11.9 Å². The van der Waals surface area contributed by atoms with Gasteiger partial charge in [-0.2, -0.15) is 0 Å². The van der Waals surface area contributed by atoms with Crippen LogP contribution in [0.1, 0.15) is 115 Å². The van der Waals surface area contributed by atoms with Crippen molar-refractivity contribution < 1.29 is 35.9 Å². The second kappa shape index (κ2) is 17.8. The molecule has 2 atom stereocenters. The highest BCUT2D eigenvalue weighted by atomic mass is 32.2. The number of rotatable bonds is 4. The molecule has 8 rings (SSSR count). The highest BCUT2D eigenvalue weighted by Crippen LogP contribution is 2.50. The fourth-order valence-electron chi connectivity index (χ4n) is 10.6. The lowest BCUT2D eigenvalue weighted by atomic mass is 9.77. The maximum Gasteiger partial charge on any atom is 0.336 e. The van der Waals surface area contributed by atoms with Crippen LogP contribution in [-0.4, -0.2) is 54.5 Å². The molecule has 66 heavy (non-hydrogen) atoms. The number of allylic oxidation sites excluding steroid dienone is 4. The van der Waals surface area contributed by atoms with Crippen LogP contribution in [0.4, 0.5) is 0 Å². The Morgan fingerprint density at radius 2 is 0.758 bits per heavy atom. The van der Waals surface area contributed by atoms with Gasteiger partial charge in [-0.25, -0.2) is 26.4 Å². The summed E-state index contributed by atoms with van der Waals surface area (Å²) in [4.78, 5) is 26.7. The summed E-state index contributed by atoms with van der Waals surface area (Å²) in [7, 11) is -4.68. The zero-order chi connectivity index (χ0) is 48.5.